The van der Waals surface area contributed by atoms with Gasteiger partial charge >= 0.3 is 0 Å². The van der Waals surface area contributed by atoms with Gasteiger partial charge < -0.3 is 14.4 Å². The van der Waals surface area contributed by atoms with Crippen molar-refractivity contribution >= 4 is 11.5 Å². The molecule has 1 aliphatic heterocycles. The molecule has 6 heteroatoms. The van der Waals surface area contributed by atoms with E-state index in [0.717, 1.165) is 55.0 Å². The fourth-order valence-electron chi connectivity index (χ4n) is 5.41. The highest BCUT2D eigenvalue weighted by atomic mass is 16.5. The van der Waals surface area contributed by atoms with Crippen molar-refractivity contribution in [1.29, 1.82) is 0 Å². The van der Waals surface area contributed by atoms with E-state index in [2.05, 4.69) is 56.2 Å². The highest BCUT2D eigenvalue weighted by Gasteiger charge is 2.32. The van der Waals surface area contributed by atoms with Gasteiger partial charge in [0.1, 0.15) is 5.82 Å². The van der Waals surface area contributed by atoms with Crippen LogP contribution in [0.15, 0.2) is 12.1 Å². The second-order valence-corrected chi connectivity index (χ2v) is 9.16. The number of hydrogen-bond acceptors (Lipinski definition) is 5. The molecule has 0 bridgehead atoms. The summed E-state index contributed by atoms with van der Waals surface area (Å²) in [6.45, 7) is 13.1. The molecule has 1 aromatic carbocycles. The first kappa shape index (κ1) is 22.7. The van der Waals surface area contributed by atoms with Crippen molar-refractivity contribution in [3.8, 4) is 11.1 Å². The van der Waals surface area contributed by atoms with Gasteiger partial charge in [0, 0.05) is 38.6 Å². The minimum atomic E-state index is 0.324. The van der Waals surface area contributed by atoms with Crippen molar-refractivity contribution < 1.29 is 9.47 Å². The molecule has 1 unspecified atom stereocenters. The van der Waals surface area contributed by atoms with Gasteiger partial charge in [-0.05, 0) is 70.6 Å². The number of aromatic nitrogens is 3. The number of rotatable bonds is 7. The Morgan fingerprint density at radius 2 is 1.69 bits per heavy atom. The number of aryl methyl sites for hydroxylation is 5. The van der Waals surface area contributed by atoms with Crippen LogP contribution >= 0.6 is 0 Å². The molecule has 32 heavy (non-hydrogen) atoms. The molecule has 6 nitrogen and oxygen atoms in total. The maximum Gasteiger partial charge on any atom is 0.165 e. The maximum atomic E-state index is 5.60. The van der Waals surface area contributed by atoms with Crippen LogP contribution in [0.2, 0.25) is 0 Å². The van der Waals surface area contributed by atoms with Crippen molar-refractivity contribution in [1.82, 2.24) is 14.6 Å². The minimum Gasteiger partial charge on any atom is -0.385 e. The van der Waals surface area contributed by atoms with Crippen LogP contribution in [0.5, 0.6) is 0 Å². The molecule has 0 amide bonds. The van der Waals surface area contributed by atoms with Crippen molar-refractivity contribution in [2.75, 3.05) is 38.9 Å². The zero-order chi connectivity index (χ0) is 23.0. The fraction of sp³-hybridized carbons (Fsp3) is 0.538. The summed E-state index contributed by atoms with van der Waals surface area (Å²) in [6, 6.07) is 4.83. The second-order valence-electron chi connectivity index (χ2n) is 9.16. The van der Waals surface area contributed by atoms with E-state index in [1.54, 1.807) is 14.2 Å². The lowest BCUT2D eigenvalue weighted by Crippen LogP contribution is -2.44. The summed E-state index contributed by atoms with van der Waals surface area (Å²) in [6.07, 6.45) is 3.02. The van der Waals surface area contributed by atoms with Crippen molar-refractivity contribution in [3.63, 3.8) is 0 Å². The maximum absolute atomic E-state index is 5.60. The topological polar surface area (TPSA) is 51.9 Å². The molecule has 3 heterocycles. The van der Waals surface area contributed by atoms with Crippen molar-refractivity contribution in [2.24, 2.45) is 0 Å². The first-order valence-corrected chi connectivity index (χ1v) is 11.6. The quantitative estimate of drug-likeness (QED) is 0.501. The molecule has 4 rings (SSSR count). The van der Waals surface area contributed by atoms with Gasteiger partial charge in [-0.25, -0.2) is 4.98 Å². The average Bonchev–Trinajstić information content (AvgIpc) is 3.04. The van der Waals surface area contributed by atoms with Gasteiger partial charge in [-0.2, -0.15) is 9.61 Å². The largest absolute Gasteiger partial charge is 0.385 e. The summed E-state index contributed by atoms with van der Waals surface area (Å²) in [5, 5.41) is 5.06. The van der Waals surface area contributed by atoms with Gasteiger partial charge in [-0.1, -0.05) is 17.7 Å². The van der Waals surface area contributed by atoms with Gasteiger partial charge in [0.05, 0.1) is 23.9 Å². The van der Waals surface area contributed by atoms with E-state index in [4.69, 9.17) is 19.6 Å². The third-order valence-corrected chi connectivity index (χ3v) is 6.69. The predicted octanol–water partition coefficient (Wildman–Crippen LogP) is 4.74. The molecular weight excluding hydrogens is 400 g/mol. The van der Waals surface area contributed by atoms with E-state index in [1.807, 2.05) is 0 Å². The zero-order valence-electron chi connectivity index (χ0n) is 20.6. The van der Waals surface area contributed by atoms with E-state index in [-0.39, 0.29) is 0 Å². The molecule has 0 fully saturated rings. The third-order valence-electron chi connectivity index (χ3n) is 6.69. The Kier molecular flexibility index (Phi) is 6.54. The van der Waals surface area contributed by atoms with Crippen LogP contribution in [0.1, 0.15) is 46.5 Å². The Labute approximate surface area is 191 Å². The van der Waals surface area contributed by atoms with E-state index < -0.39 is 0 Å². The van der Waals surface area contributed by atoms with Crippen LogP contribution < -0.4 is 4.90 Å². The summed E-state index contributed by atoms with van der Waals surface area (Å²) >= 11 is 0. The van der Waals surface area contributed by atoms with Crippen LogP contribution in [0.3, 0.4) is 0 Å². The first-order chi connectivity index (χ1) is 15.4. The summed E-state index contributed by atoms with van der Waals surface area (Å²) < 4.78 is 13.0. The van der Waals surface area contributed by atoms with Crippen LogP contribution in [0.4, 0.5) is 5.82 Å². The van der Waals surface area contributed by atoms with Gasteiger partial charge in [-0.3, -0.25) is 0 Å². The number of ether oxygens (including phenoxy) is 2. The van der Waals surface area contributed by atoms with E-state index in [9.17, 15) is 0 Å². The highest BCUT2D eigenvalue weighted by molar-refractivity contribution is 5.85. The average molecular weight is 437 g/mol. The van der Waals surface area contributed by atoms with E-state index in [1.165, 1.54) is 33.6 Å². The zero-order valence-corrected chi connectivity index (χ0v) is 20.6. The molecule has 0 aliphatic carbocycles. The predicted molar refractivity (Wildman–Crippen MR) is 130 cm³/mol. The lowest BCUT2D eigenvalue weighted by molar-refractivity contribution is 0.165. The molecule has 1 atom stereocenters. The number of fused-ring (bicyclic) bond motifs is 3. The third kappa shape index (κ3) is 3.90. The standard InChI is InChI=1S/C26H36N4O2/c1-16-13-17(2)23(18(3)14-16)24-20(5)28-30-25(24)27-19(4)22-10-9-21(15-32-7)29(26(22)30)11-8-12-31-6/h13-14,21H,8-12,15H2,1-7H3. The summed E-state index contributed by atoms with van der Waals surface area (Å²) in [5.41, 5.74) is 10.6. The Bertz CT molecular complexity index is 1110. The molecule has 0 N–H and O–H groups in total. The van der Waals surface area contributed by atoms with Gasteiger partial charge in [0.2, 0.25) is 0 Å². The Morgan fingerprint density at radius 1 is 0.969 bits per heavy atom. The normalized spacial score (nSPS) is 16.1. The number of methoxy groups -OCH3 is 2. The number of anilines is 1. The highest BCUT2D eigenvalue weighted by Crippen LogP contribution is 2.39. The molecule has 0 spiro atoms. The molecule has 0 saturated heterocycles. The molecule has 2 aromatic heterocycles. The molecule has 3 aromatic rings. The molecule has 172 valence electrons. The monoisotopic (exact) mass is 436 g/mol. The minimum absolute atomic E-state index is 0.324. The number of benzene rings is 1. The lowest BCUT2D eigenvalue weighted by atomic mass is 9.93. The van der Waals surface area contributed by atoms with Crippen LogP contribution in [0.25, 0.3) is 16.8 Å². The second kappa shape index (κ2) is 9.20. The summed E-state index contributed by atoms with van der Waals surface area (Å²) in [7, 11) is 3.55. The lowest BCUT2D eigenvalue weighted by Gasteiger charge is -2.39. The van der Waals surface area contributed by atoms with Crippen LogP contribution in [-0.2, 0) is 15.9 Å². The van der Waals surface area contributed by atoms with Gasteiger partial charge in [0.25, 0.3) is 0 Å². The molecular formula is C26H36N4O2. The Balaban J connectivity index is 1.95. The van der Waals surface area contributed by atoms with Crippen molar-refractivity contribution in [3.05, 3.63) is 45.8 Å². The SMILES string of the molecule is COCCCN1c2c(c(C)nc3c(-c4c(C)cc(C)cc4C)c(C)nn23)CCC1COC. The fourth-order valence-corrected chi connectivity index (χ4v) is 5.41. The van der Waals surface area contributed by atoms with Crippen LogP contribution in [0, 0.1) is 34.6 Å². The summed E-state index contributed by atoms with van der Waals surface area (Å²) in [4.78, 5) is 7.59. The van der Waals surface area contributed by atoms with E-state index in [0.29, 0.717) is 12.6 Å². The number of nitrogens with zero attached hydrogens (tertiary/aromatic N) is 4. The molecule has 0 saturated carbocycles. The van der Waals surface area contributed by atoms with Crippen molar-refractivity contribution in [2.45, 2.75) is 59.9 Å². The van der Waals surface area contributed by atoms with E-state index >= 15 is 0 Å². The Hall–Kier alpha value is -2.44. The smallest absolute Gasteiger partial charge is 0.165 e. The molecule has 1 aliphatic rings. The Morgan fingerprint density at radius 3 is 2.34 bits per heavy atom. The summed E-state index contributed by atoms with van der Waals surface area (Å²) in [5.74, 6) is 1.17. The first-order valence-electron chi connectivity index (χ1n) is 11.6. The molecule has 0 radical (unpaired) electrons. The number of hydrogen-bond donors (Lipinski definition) is 0. The van der Waals surface area contributed by atoms with Crippen LogP contribution in [-0.4, -0.2) is 54.6 Å². The van der Waals surface area contributed by atoms with Gasteiger partial charge in [0.15, 0.2) is 5.65 Å². The van der Waals surface area contributed by atoms with Gasteiger partial charge in [-0.15, -0.1) is 0 Å².